The molecule has 1 heterocycles. The molecule has 0 aromatic heterocycles. The molecule has 41 heavy (non-hydrogen) atoms. The van der Waals surface area contributed by atoms with E-state index in [2.05, 4.69) is 0 Å². The van der Waals surface area contributed by atoms with Crippen molar-refractivity contribution in [2.24, 2.45) is 0 Å². The highest BCUT2D eigenvalue weighted by atomic mass is 32.2. The molecule has 0 spiro atoms. The van der Waals surface area contributed by atoms with E-state index in [-0.39, 0.29) is 6.61 Å². The maximum absolute atomic E-state index is 13.2. The first-order chi connectivity index (χ1) is 20.2. The number of carbonyl (C=O) groups excluding carboxylic acids is 1. The van der Waals surface area contributed by atoms with Gasteiger partial charge in [0, 0.05) is 4.90 Å². The third kappa shape index (κ3) is 8.06. The van der Waals surface area contributed by atoms with Crippen LogP contribution < -0.4 is 0 Å². The van der Waals surface area contributed by atoms with Crippen molar-refractivity contribution < 1.29 is 28.5 Å². The summed E-state index contributed by atoms with van der Waals surface area (Å²) in [7, 11) is 1.36. The highest BCUT2D eigenvalue weighted by Gasteiger charge is 2.51. The molecule has 0 aliphatic carbocycles. The Bertz CT molecular complexity index is 1320. The van der Waals surface area contributed by atoms with Crippen molar-refractivity contribution in [3.8, 4) is 0 Å². The van der Waals surface area contributed by atoms with Gasteiger partial charge in [0.1, 0.15) is 23.7 Å². The Kier molecular flexibility index (Phi) is 10.6. The van der Waals surface area contributed by atoms with Crippen molar-refractivity contribution in [1.29, 1.82) is 0 Å². The molecule has 7 heteroatoms. The van der Waals surface area contributed by atoms with Crippen LogP contribution in [0.2, 0.25) is 0 Å². The second kappa shape index (κ2) is 15.0. The van der Waals surface area contributed by atoms with E-state index in [9.17, 15) is 4.79 Å². The summed E-state index contributed by atoms with van der Waals surface area (Å²) in [6, 6.07) is 39.6. The number of carbonyl (C=O) groups is 1. The van der Waals surface area contributed by atoms with Crippen molar-refractivity contribution in [3.63, 3.8) is 0 Å². The normalized spacial score (nSPS) is 22.2. The molecule has 0 saturated carbocycles. The summed E-state index contributed by atoms with van der Waals surface area (Å²) in [6.07, 6.45) is -2.99. The van der Waals surface area contributed by atoms with E-state index in [1.165, 1.54) is 18.9 Å². The minimum absolute atomic E-state index is 0.273. The Balaban J connectivity index is 1.48. The SMILES string of the molecule is COC(=O)[C@H]1O[C@H](Sc2ccccc2)[C@@H](OCc2ccccc2)[C@@H](OCc2ccccc2)[C@@H]1OCc1ccccc1. The molecule has 1 fully saturated rings. The average molecular weight is 571 g/mol. The maximum atomic E-state index is 13.2. The number of esters is 1. The summed E-state index contributed by atoms with van der Waals surface area (Å²) in [5.41, 5.74) is 2.43. The molecule has 6 nitrogen and oxygen atoms in total. The lowest BCUT2D eigenvalue weighted by Crippen LogP contribution is -2.61. The molecule has 1 aliphatic rings. The molecule has 212 valence electrons. The third-order valence-corrected chi connectivity index (χ3v) is 7.94. The average Bonchev–Trinajstić information content (AvgIpc) is 3.04. The molecule has 4 aromatic carbocycles. The first-order valence-corrected chi connectivity index (χ1v) is 14.5. The first kappa shape index (κ1) is 29.0. The smallest absolute Gasteiger partial charge is 0.337 e. The Morgan fingerprint density at radius 1 is 0.610 bits per heavy atom. The summed E-state index contributed by atoms with van der Waals surface area (Å²) in [6.45, 7) is 0.939. The molecule has 0 N–H and O–H groups in total. The van der Waals surface area contributed by atoms with Gasteiger partial charge in [0.15, 0.2) is 6.10 Å². The van der Waals surface area contributed by atoms with Gasteiger partial charge in [0.2, 0.25) is 0 Å². The molecule has 4 aromatic rings. The van der Waals surface area contributed by atoms with Gasteiger partial charge in [-0.25, -0.2) is 4.79 Å². The minimum Gasteiger partial charge on any atom is -0.467 e. The van der Waals surface area contributed by atoms with Gasteiger partial charge in [-0.3, -0.25) is 0 Å². The van der Waals surface area contributed by atoms with Gasteiger partial charge in [0.25, 0.3) is 0 Å². The molecule has 0 unspecified atom stereocenters. The Morgan fingerprint density at radius 2 is 1.02 bits per heavy atom. The zero-order valence-corrected chi connectivity index (χ0v) is 23.7. The van der Waals surface area contributed by atoms with Crippen molar-refractivity contribution >= 4 is 17.7 Å². The number of rotatable bonds is 12. The number of hydrogen-bond donors (Lipinski definition) is 0. The monoisotopic (exact) mass is 570 g/mol. The van der Waals surface area contributed by atoms with Gasteiger partial charge in [-0.2, -0.15) is 0 Å². The van der Waals surface area contributed by atoms with Gasteiger partial charge < -0.3 is 23.7 Å². The first-order valence-electron chi connectivity index (χ1n) is 13.6. The van der Waals surface area contributed by atoms with Crippen LogP contribution in [0.5, 0.6) is 0 Å². The fourth-order valence-corrected chi connectivity index (χ4v) is 5.82. The van der Waals surface area contributed by atoms with Crippen molar-refractivity contribution in [2.45, 2.75) is 54.6 Å². The minimum atomic E-state index is -1.01. The summed E-state index contributed by atoms with van der Waals surface area (Å²) in [5.74, 6) is -0.517. The van der Waals surface area contributed by atoms with E-state index in [0.717, 1.165) is 21.6 Å². The molecule has 1 saturated heterocycles. The van der Waals surface area contributed by atoms with E-state index in [1.54, 1.807) is 0 Å². The van der Waals surface area contributed by atoms with Gasteiger partial charge in [-0.05, 0) is 28.8 Å². The third-order valence-electron chi connectivity index (χ3n) is 6.78. The highest BCUT2D eigenvalue weighted by Crippen LogP contribution is 2.38. The number of thioether (sulfide) groups is 1. The lowest BCUT2D eigenvalue weighted by Gasteiger charge is -2.45. The maximum Gasteiger partial charge on any atom is 0.337 e. The van der Waals surface area contributed by atoms with Crippen LogP contribution in [0, 0.1) is 0 Å². The second-order valence-electron chi connectivity index (χ2n) is 9.66. The van der Waals surface area contributed by atoms with Crippen LogP contribution in [0.4, 0.5) is 0 Å². The highest BCUT2D eigenvalue weighted by molar-refractivity contribution is 7.99. The quantitative estimate of drug-likeness (QED) is 0.182. The van der Waals surface area contributed by atoms with Crippen LogP contribution in [-0.4, -0.2) is 42.9 Å². The van der Waals surface area contributed by atoms with Crippen molar-refractivity contribution in [3.05, 3.63) is 138 Å². The number of methoxy groups -OCH3 is 1. The zero-order chi connectivity index (χ0) is 28.3. The largest absolute Gasteiger partial charge is 0.467 e. The Hall–Kier alpha value is -3.46. The molecule has 5 rings (SSSR count). The molecule has 5 atom stereocenters. The van der Waals surface area contributed by atoms with E-state index >= 15 is 0 Å². The fourth-order valence-electron chi connectivity index (χ4n) is 4.69. The Morgan fingerprint density at radius 3 is 1.49 bits per heavy atom. The molecule has 0 radical (unpaired) electrons. The van der Waals surface area contributed by atoms with Crippen LogP contribution in [-0.2, 0) is 48.3 Å². The zero-order valence-electron chi connectivity index (χ0n) is 22.9. The van der Waals surface area contributed by atoms with Crippen LogP contribution >= 0.6 is 11.8 Å². The molecule has 1 aliphatic heterocycles. The fraction of sp³-hybridized carbons (Fsp3) is 0.265. The van der Waals surface area contributed by atoms with Gasteiger partial charge >= 0.3 is 5.97 Å². The van der Waals surface area contributed by atoms with Crippen molar-refractivity contribution in [2.75, 3.05) is 7.11 Å². The van der Waals surface area contributed by atoms with Gasteiger partial charge in [-0.15, -0.1) is 0 Å². The lowest BCUT2D eigenvalue weighted by atomic mass is 9.98. The number of ether oxygens (including phenoxy) is 5. The standard InChI is InChI=1S/C34H34O6S/c1-36-33(35)31-29(37-22-25-14-6-2-7-15-25)30(38-23-26-16-8-3-9-17-26)32(39-24-27-18-10-4-11-19-27)34(40-31)41-28-20-12-5-13-21-28/h2-21,29-32,34H,22-24H2,1H3/t29-,30-,31-,32-,34+/m0/s1. The topological polar surface area (TPSA) is 63.2 Å². The molecular weight excluding hydrogens is 536 g/mol. The molecule has 0 bridgehead atoms. The van der Waals surface area contributed by atoms with E-state index in [0.29, 0.717) is 13.2 Å². The van der Waals surface area contributed by atoms with Crippen LogP contribution in [0.1, 0.15) is 16.7 Å². The summed E-state index contributed by atoms with van der Waals surface area (Å²) in [4.78, 5) is 14.1. The van der Waals surface area contributed by atoms with E-state index < -0.39 is 35.8 Å². The van der Waals surface area contributed by atoms with Gasteiger partial charge in [0.05, 0.1) is 26.9 Å². The van der Waals surface area contributed by atoms with E-state index in [4.69, 9.17) is 23.7 Å². The van der Waals surface area contributed by atoms with E-state index in [1.807, 2.05) is 121 Å². The summed E-state index contributed by atoms with van der Waals surface area (Å²) < 4.78 is 31.3. The predicted molar refractivity (Wildman–Crippen MR) is 158 cm³/mol. The van der Waals surface area contributed by atoms with Gasteiger partial charge in [-0.1, -0.05) is 121 Å². The second-order valence-corrected chi connectivity index (χ2v) is 10.8. The van der Waals surface area contributed by atoms with Crippen molar-refractivity contribution in [1.82, 2.24) is 0 Å². The molecule has 0 amide bonds. The summed E-state index contributed by atoms with van der Waals surface area (Å²) in [5, 5.41) is 0. The predicted octanol–water partition coefficient (Wildman–Crippen LogP) is 6.43. The number of hydrogen-bond acceptors (Lipinski definition) is 7. The Labute approximate surface area is 245 Å². The molecular formula is C34H34O6S. The lowest BCUT2D eigenvalue weighted by molar-refractivity contribution is -0.248. The van der Waals surface area contributed by atoms with Crippen LogP contribution in [0.25, 0.3) is 0 Å². The van der Waals surface area contributed by atoms with Crippen LogP contribution in [0.3, 0.4) is 0 Å². The number of benzene rings is 4. The summed E-state index contributed by atoms with van der Waals surface area (Å²) >= 11 is 1.49. The van der Waals surface area contributed by atoms with Crippen LogP contribution in [0.15, 0.2) is 126 Å².